The summed E-state index contributed by atoms with van der Waals surface area (Å²) in [7, 11) is 1.34. The van der Waals surface area contributed by atoms with Gasteiger partial charge in [0, 0.05) is 16.7 Å². The number of carbonyl (C=O) groups excluding carboxylic acids is 2. The number of hydrogen-bond acceptors (Lipinski definition) is 3. The Bertz CT molecular complexity index is 1140. The van der Waals surface area contributed by atoms with Crippen molar-refractivity contribution >= 4 is 23.1 Å². The summed E-state index contributed by atoms with van der Waals surface area (Å²) in [5, 5.41) is 2.90. The van der Waals surface area contributed by atoms with Crippen LogP contribution in [0.15, 0.2) is 78.9 Å². The summed E-state index contributed by atoms with van der Waals surface area (Å²) in [6, 6.07) is 22.7. The van der Waals surface area contributed by atoms with Gasteiger partial charge in [0.15, 0.2) is 0 Å². The van der Waals surface area contributed by atoms with Gasteiger partial charge in [-0.05, 0) is 58.7 Å². The van der Waals surface area contributed by atoms with E-state index in [1.807, 2.05) is 36.4 Å². The number of carbonyl (C=O) groups is 2. The maximum absolute atomic E-state index is 12.9. The minimum absolute atomic E-state index is 0.0980. The second-order valence-corrected chi connectivity index (χ2v) is 7.93. The fraction of sp³-hybridized carbons (Fsp3) is 0.154. The maximum Gasteiger partial charge on any atom is 0.337 e. The Labute approximate surface area is 176 Å². The van der Waals surface area contributed by atoms with Crippen molar-refractivity contribution in [3.8, 4) is 0 Å². The van der Waals surface area contributed by atoms with Crippen LogP contribution in [0.2, 0.25) is 0 Å². The molecule has 3 aromatic rings. The Hall–Kier alpha value is -3.66. The first-order valence-electron chi connectivity index (χ1n) is 9.82. The minimum Gasteiger partial charge on any atom is -0.465 e. The van der Waals surface area contributed by atoms with Gasteiger partial charge in [-0.2, -0.15) is 0 Å². The van der Waals surface area contributed by atoms with Crippen LogP contribution in [0.5, 0.6) is 0 Å². The number of fused-ring (bicyclic) bond motifs is 1. The Morgan fingerprint density at radius 1 is 0.867 bits per heavy atom. The van der Waals surface area contributed by atoms with Gasteiger partial charge in [0.05, 0.1) is 12.7 Å². The standard InChI is InChI=1S/C26H23NO3/c1-26(2)16-22(17-7-5-4-6-8-17)21-15-19(11-14-23(21)26)24(28)27-20-12-9-18(10-13-20)25(29)30-3/h4-16H,1-3H3,(H,27,28). The number of allylic oxidation sites excluding steroid dienone is 1. The van der Waals surface area contributed by atoms with Crippen LogP contribution in [0.3, 0.4) is 0 Å². The quantitative estimate of drug-likeness (QED) is 0.596. The number of hydrogen-bond donors (Lipinski definition) is 1. The van der Waals surface area contributed by atoms with Crippen molar-refractivity contribution < 1.29 is 14.3 Å². The van der Waals surface area contributed by atoms with Crippen LogP contribution < -0.4 is 5.32 Å². The molecule has 0 saturated carbocycles. The van der Waals surface area contributed by atoms with Gasteiger partial charge in [0.2, 0.25) is 0 Å². The van der Waals surface area contributed by atoms with Crippen molar-refractivity contribution in [3.63, 3.8) is 0 Å². The highest BCUT2D eigenvalue weighted by atomic mass is 16.5. The lowest BCUT2D eigenvalue weighted by molar-refractivity contribution is 0.0600. The molecule has 4 rings (SSSR count). The summed E-state index contributed by atoms with van der Waals surface area (Å²) in [5.74, 6) is -0.602. The largest absolute Gasteiger partial charge is 0.465 e. The molecule has 0 atom stereocenters. The SMILES string of the molecule is COC(=O)c1ccc(NC(=O)c2ccc3c(c2)C(c2ccccc2)=CC3(C)C)cc1. The molecule has 1 aliphatic rings. The predicted octanol–water partition coefficient (Wildman–Crippen LogP) is 5.45. The number of nitrogens with one attached hydrogen (secondary N) is 1. The summed E-state index contributed by atoms with van der Waals surface area (Å²) in [6.45, 7) is 4.37. The molecule has 0 saturated heterocycles. The van der Waals surface area contributed by atoms with E-state index in [-0.39, 0.29) is 11.3 Å². The topological polar surface area (TPSA) is 55.4 Å². The first-order valence-corrected chi connectivity index (χ1v) is 9.82. The third kappa shape index (κ3) is 3.64. The molecule has 0 aromatic heterocycles. The Kier molecular flexibility index (Phi) is 5.00. The van der Waals surface area contributed by atoms with E-state index in [0.29, 0.717) is 16.8 Å². The van der Waals surface area contributed by atoms with Crippen molar-refractivity contribution in [2.75, 3.05) is 12.4 Å². The second-order valence-electron chi connectivity index (χ2n) is 7.93. The van der Waals surface area contributed by atoms with E-state index < -0.39 is 5.97 Å². The Balaban J connectivity index is 1.62. The first kappa shape index (κ1) is 19.6. The van der Waals surface area contributed by atoms with Gasteiger partial charge in [-0.1, -0.05) is 56.3 Å². The number of anilines is 1. The summed E-state index contributed by atoms with van der Waals surface area (Å²) >= 11 is 0. The highest BCUT2D eigenvalue weighted by molar-refractivity contribution is 6.05. The molecular weight excluding hydrogens is 374 g/mol. The summed E-state index contributed by atoms with van der Waals surface area (Å²) in [5.41, 5.74) is 6.12. The van der Waals surface area contributed by atoms with Crippen molar-refractivity contribution in [1.29, 1.82) is 0 Å². The molecule has 150 valence electrons. The van der Waals surface area contributed by atoms with Crippen molar-refractivity contribution in [2.24, 2.45) is 0 Å². The molecule has 0 aliphatic heterocycles. The zero-order chi connectivity index (χ0) is 21.3. The van der Waals surface area contributed by atoms with Crippen LogP contribution in [0.25, 0.3) is 5.57 Å². The molecule has 30 heavy (non-hydrogen) atoms. The molecule has 0 spiro atoms. The Morgan fingerprint density at radius 2 is 1.53 bits per heavy atom. The highest BCUT2D eigenvalue weighted by Crippen LogP contribution is 2.43. The lowest BCUT2D eigenvalue weighted by Gasteiger charge is -2.18. The predicted molar refractivity (Wildman–Crippen MR) is 119 cm³/mol. The number of methoxy groups -OCH3 is 1. The first-order chi connectivity index (χ1) is 14.4. The summed E-state index contributed by atoms with van der Waals surface area (Å²) < 4.78 is 4.70. The average Bonchev–Trinajstić information content (AvgIpc) is 3.04. The third-order valence-corrected chi connectivity index (χ3v) is 5.42. The molecule has 0 unspecified atom stereocenters. The van der Waals surface area contributed by atoms with E-state index in [1.165, 1.54) is 12.7 Å². The number of amides is 1. The van der Waals surface area contributed by atoms with Crippen LogP contribution in [-0.4, -0.2) is 19.0 Å². The third-order valence-electron chi connectivity index (χ3n) is 5.42. The molecule has 4 nitrogen and oxygen atoms in total. The average molecular weight is 397 g/mol. The second kappa shape index (κ2) is 7.64. The fourth-order valence-electron chi connectivity index (χ4n) is 3.85. The van der Waals surface area contributed by atoms with Gasteiger partial charge >= 0.3 is 5.97 Å². The summed E-state index contributed by atoms with van der Waals surface area (Å²) in [4.78, 5) is 24.4. The smallest absolute Gasteiger partial charge is 0.337 e. The maximum atomic E-state index is 12.9. The van der Waals surface area contributed by atoms with Crippen molar-refractivity contribution in [3.05, 3.63) is 107 Å². The van der Waals surface area contributed by atoms with E-state index in [2.05, 4.69) is 37.4 Å². The van der Waals surface area contributed by atoms with E-state index >= 15 is 0 Å². The van der Waals surface area contributed by atoms with Crippen LogP contribution in [-0.2, 0) is 10.2 Å². The van der Waals surface area contributed by atoms with E-state index in [4.69, 9.17) is 4.74 Å². The van der Waals surface area contributed by atoms with Crippen LogP contribution in [0, 0.1) is 0 Å². The van der Waals surface area contributed by atoms with Gasteiger partial charge < -0.3 is 10.1 Å². The Morgan fingerprint density at radius 3 is 2.20 bits per heavy atom. The molecule has 0 radical (unpaired) electrons. The van der Waals surface area contributed by atoms with Gasteiger partial charge in [-0.3, -0.25) is 4.79 Å². The van der Waals surface area contributed by atoms with Crippen LogP contribution in [0.4, 0.5) is 5.69 Å². The van der Waals surface area contributed by atoms with E-state index in [9.17, 15) is 9.59 Å². The molecule has 4 heteroatoms. The van der Waals surface area contributed by atoms with E-state index in [1.54, 1.807) is 24.3 Å². The molecule has 1 amide bonds. The van der Waals surface area contributed by atoms with Crippen LogP contribution >= 0.6 is 0 Å². The fourth-order valence-corrected chi connectivity index (χ4v) is 3.85. The van der Waals surface area contributed by atoms with Gasteiger partial charge in [0.25, 0.3) is 5.91 Å². The molecule has 0 heterocycles. The highest BCUT2D eigenvalue weighted by Gasteiger charge is 2.31. The minimum atomic E-state index is -0.408. The molecule has 1 aliphatic carbocycles. The van der Waals surface area contributed by atoms with Gasteiger partial charge in [0.1, 0.15) is 0 Å². The zero-order valence-electron chi connectivity index (χ0n) is 17.2. The molecule has 0 bridgehead atoms. The van der Waals surface area contributed by atoms with Crippen molar-refractivity contribution in [2.45, 2.75) is 19.3 Å². The molecule has 1 N–H and O–H groups in total. The van der Waals surface area contributed by atoms with Crippen molar-refractivity contribution in [1.82, 2.24) is 0 Å². The molecule has 0 fully saturated rings. The number of rotatable bonds is 4. The molecular formula is C26H23NO3. The number of ether oxygens (including phenoxy) is 1. The normalized spacial score (nSPS) is 13.9. The lowest BCUT2D eigenvalue weighted by Crippen LogP contribution is -2.14. The monoisotopic (exact) mass is 397 g/mol. The number of benzene rings is 3. The van der Waals surface area contributed by atoms with Gasteiger partial charge in [-0.25, -0.2) is 4.79 Å². The van der Waals surface area contributed by atoms with Crippen LogP contribution in [0.1, 0.15) is 51.3 Å². The zero-order valence-corrected chi connectivity index (χ0v) is 17.2. The number of esters is 1. The molecule has 3 aromatic carbocycles. The lowest BCUT2D eigenvalue weighted by atomic mass is 9.86. The summed E-state index contributed by atoms with van der Waals surface area (Å²) in [6.07, 6.45) is 2.26. The van der Waals surface area contributed by atoms with E-state index in [0.717, 1.165) is 16.7 Å². The van der Waals surface area contributed by atoms with Gasteiger partial charge in [-0.15, -0.1) is 0 Å².